The Kier molecular flexibility index (Phi) is 5.98. The number of hydrogen-bond acceptors (Lipinski definition) is 2. The molecule has 1 N–H and O–H groups in total. The van der Waals surface area contributed by atoms with Crippen molar-refractivity contribution < 1.29 is 4.79 Å². The van der Waals surface area contributed by atoms with E-state index in [1.165, 1.54) is 57.8 Å². The van der Waals surface area contributed by atoms with Crippen LogP contribution in [0.4, 0.5) is 0 Å². The average molecular weight is 252 g/mol. The van der Waals surface area contributed by atoms with E-state index in [1.54, 1.807) is 0 Å². The summed E-state index contributed by atoms with van der Waals surface area (Å²) < 4.78 is 0. The topological polar surface area (TPSA) is 32.3 Å². The van der Waals surface area contributed by atoms with Gasteiger partial charge in [0.05, 0.1) is 6.54 Å². The lowest BCUT2D eigenvalue weighted by molar-refractivity contribution is -0.131. The van der Waals surface area contributed by atoms with Crippen molar-refractivity contribution in [3.63, 3.8) is 0 Å². The zero-order chi connectivity index (χ0) is 12.6. The molecule has 0 unspecified atom stereocenters. The lowest BCUT2D eigenvalue weighted by Gasteiger charge is -2.27. The second kappa shape index (κ2) is 7.78. The molecular formula is C15H28N2O. The maximum atomic E-state index is 11.9. The van der Waals surface area contributed by atoms with Gasteiger partial charge < -0.3 is 10.2 Å². The molecule has 0 atom stereocenters. The summed E-state index contributed by atoms with van der Waals surface area (Å²) in [6.07, 6.45) is 12.0. The highest BCUT2D eigenvalue weighted by atomic mass is 16.2. The fraction of sp³-hybridized carbons (Fsp3) is 0.933. The first kappa shape index (κ1) is 13.9. The molecule has 0 radical (unpaired) electrons. The number of rotatable bonds is 5. The standard InChI is InChI=1S/C15H28N2O/c18-15(17-11-5-2-6-12-17)13-16-10-9-14-7-3-1-4-8-14/h14,16H,1-13H2. The Morgan fingerprint density at radius 3 is 2.39 bits per heavy atom. The predicted octanol–water partition coefficient (Wildman–Crippen LogP) is 2.56. The molecule has 18 heavy (non-hydrogen) atoms. The van der Waals surface area contributed by atoms with Crippen LogP contribution in [0.1, 0.15) is 57.8 Å². The molecule has 1 aliphatic carbocycles. The summed E-state index contributed by atoms with van der Waals surface area (Å²) in [4.78, 5) is 13.9. The van der Waals surface area contributed by atoms with Gasteiger partial charge in [-0.25, -0.2) is 0 Å². The third-order valence-electron chi connectivity index (χ3n) is 4.44. The summed E-state index contributed by atoms with van der Waals surface area (Å²) in [7, 11) is 0. The first-order valence-corrected chi connectivity index (χ1v) is 7.85. The molecule has 1 aliphatic heterocycles. The summed E-state index contributed by atoms with van der Waals surface area (Å²) in [5, 5.41) is 3.34. The van der Waals surface area contributed by atoms with Gasteiger partial charge in [-0.1, -0.05) is 32.1 Å². The average Bonchev–Trinajstić information content (AvgIpc) is 2.45. The molecule has 0 aromatic rings. The Labute approximate surface area is 111 Å². The first-order valence-electron chi connectivity index (χ1n) is 7.85. The van der Waals surface area contributed by atoms with Crippen LogP contribution in [-0.4, -0.2) is 37.0 Å². The van der Waals surface area contributed by atoms with Crippen molar-refractivity contribution >= 4 is 5.91 Å². The smallest absolute Gasteiger partial charge is 0.236 e. The van der Waals surface area contributed by atoms with Crippen molar-refractivity contribution in [3.05, 3.63) is 0 Å². The van der Waals surface area contributed by atoms with E-state index in [0.29, 0.717) is 12.5 Å². The molecule has 2 rings (SSSR count). The zero-order valence-electron chi connectivity index (χ0n) is 11.6. The summed E-state index contributed by atoms with van der Waals surface area (Å²) in [6.45, 7) is 3.52. The molecule has 3 nitrogen and oxygen atoms in total. The van der Waals surface area contributed by atoms with Gasteiger partial charge in [-0.2, -0.15) is 0 Å². The van der Waals surface area contributed by atoms with Gasteiger partial charge in [-0.05, 0) is 38.1 Å². The van der Waals surface area contributed by atoms with Gasteiger partial charge >= 0.3 is 0 Å². The van der Waals surface area contributed by atoms with Crippen molar-refractivity contribution in [2.45, 2.75) is 57.8 Å². The molecule has 1 saturated heterocycles. The normalized spacial score (nSPS) is 22.1. The van der Waals surface area contributed by atoms with Gasteiger partial charge in [0.15, 0.2) is 0 Å². The Hall–Kier alpha value is -0.570. The molecule has 0 bridgehead atoms. The molecule has 0 spiro atoms. The van der Waals surface area contributed by atoms with E-state index in [9.17, 15) is 4.79 Å². The van der Waals surface area contributed by atoms with Crippen LogP contribution >= 0.6 is 0 Å². The van der Waals surface area contributed by atoms with Gasteiger partial charge in [0.2, 0.25) is 5.91 Å². The highest BCUT2D eigenvalue weighted by Crippen LogP contribution is 2.25. The number of carbonyl (C=O) groups is 1. The van der Waals surface area contributed by atoms with Crippen LogP contribution in [0.5, 0.6) is 0 Å². The summed E-state index contributed by atoms with van der Waals surface area (Å²) in [5.74, 6) is 1.22. The van der Waals surface area contributed by atoms with Crippen LogP contribution in [0.3, 0.4) is 0 Å². The summed E-state index contributed by atoms with van der Waals surface area (Å²) in [6, 6.07) is 0. The fourth-order valence-electron chi connectivity index (χ4n) is 3.23. The monoisotopic (exact) mass is 252 g/mol. The zero-order valence-corrected chi connectivity index (χ0v) is 11.6. The van der Waals surface area contributed by atoms with Crippen molar-refractivity contribution in [2.24, 2.45) is 5.92 Å². The van der Waals surface area contributed by atoms with Crippen LogP contribution in [0.15, 0.2) is 0 Å². The van der Waals surface area contributed by atoms with Gasteiger partial charge in [0.1, 0.15) is 0 Å². The third-order valence-corrected chi connectivity index (χ3v) is 4.44. The minimum absolute atomic E-state index is 0.304. The Morgan fingerprint density at radius 1 is 1.00 bits per heavy atom. The Bertz CT molecular complexity index is 243. The maximum Gasteiger partial charge on any atom is 0.236 e. The van der Waals surface area contributed by atoms with E-state index in [2.05, 4.69) is 5.32 Å². The lowest BCUT2D eigenvalue weighted by atomic mass is 9.87. The number of amides is 1. The van der Waals surface area contributed by atoms with Gasteiger partial charge in [-0.3, -0.25) is 4.79 Å². The third kappa shape index (κ3) is 4.60. The number of carbonyl (C=O) groups excluding carboxylic acids is 1. The molecule has 1 amide bonds. The van der Waals surface area contributed by atoms with Crippen LogP contribution in [0.2, 0.25) is 0 Å². The van der Waals surface area contributed by atoms with E-state index in [1.807, 2.05) is 4.90 Å². The minimum atomic E-state index is 0.304. The van der Waals surface area contributed by atoms with Crippen LogP contribution in [-0.2, 0) is 4.79 Å². The van der Waals surface area contributed by atoms with Crippen LogP contribution in [0, 0.1) is 5.92 Å². The second-order valence-electron chi connectivity index (χ2n) is 5.91. The minimum Gasteiger partial charge on any atom is -0.342 e. The van der Waals surface area contributed by atoms with Crippen molar-refractivity contribution in [1.82, 2.24) is 10.2 Å². The highest BCUT2D eigenvalue weighted by Gasteiger charge is 2.16. The Morgan fingerprint density at radius 2 is 1.67 bits per heavy atom. The quantitative estimate of drug-likeness (QED) is 0.763. The van der Waals surface area contributed by atoms with Gasteiger partial charge in [0.25, 0.3) is 0 Å². The number of nitrogens with one attached hydrogen (secondary N) is 1. The molecule has 3 heteroatoms. The molecule has 0 aromatic carbocycles. The molecule has 1 heterocycles. The number of likely N-dealkylation sites (tertiary alicyclic amines) is 1. The molecular weight excluding hydrogens is 224 g/mol. The van der Waals surface area contributed by atoms with Crippen LogP contribution < -0.4 is 5.32 Å². The largest absolute Gasteiger partial charge is 0.342 e. The van der Waals surface area contributed by atoms with Gasteiger partial charge in [0, 0.05) is 13.1 Å². The summed E-state index contributed by atoms with van der Waals surface area (Å²) >= 11 is 0. The van der Waals surface area contributed by atoms with E-state index >= 15 is 0 Å². The predicted molar refractivity (Wildman–Crippen MR) is 74.5 cm³/mol. The summed E-state index contributed by atoms with van der Waals surface area (Å²) in [5.41, 5.74) is 0. The van der Waals surface area contributed by atoms with E-state index in [0.717, 1.165) is 25.6 Å². The molecule has 104 valence electrons. The van der Waals surface area contributed by atoms with Crippen molar-refractivity contribution in [1.29, 1.82) is 0 Å². The van der Waals surface area contributed by atoms with Crippen LogP contribution in [0.25, 0.3) is 0 Å². The fourth-order valence-corrected chi connectivity index (χ4v) is 3.23. The maximum absolute atomic E-state index is 11.9. The molecule has 2 aliphatic rings. The molecule has 2 fully saturated rings. The molecule has 1 saturated carbocycles. The number of hydrogen-bond donors (Lipinski definition) is 1. The van der Waals surface area contributed by atoms with E-state index < -0.39 is 0 Å². The first-order chi connectivity index (χ1) is 8.86. The van der Waals surface area contributed by atoms with E-state index in [-0.39, 0.29) is 0 Å². The number of piperidine rings is 1. The van der Waals surface area contributed by atoms with Crippen molar-refractivity contribution in [2.75, 3.05) is 26.2 Å². The van der Waals surface area contributed by atoms with Gasteiger partial charge in [-0.15, -0.1) is 0 Å². The van der Waals surface area contributed by atoms with Crippen molar-refractivity contribution in [3.8, 4) is 0 Å². The molecule has 0 aromatic heterocycles. The number of nitrogens with zero attached hydrogens (tertiary/aromatic N) is 1. The highest BCUT2D eigenvalue weighted by molar-refractivity contribution is 5.78. The Balaban J connectivity index is 1.52. The van der Waals surface area contributed by atoms with E-state index in [4.69, 9.17) is 0 Å². The second-order valence-corrected chi connectivity index (χ2v) is 5.91. The SMILES string of the molecule is O=C(CNCCC1CCCCC1)N1CCCCC1. The lowest BCUT2D eigenvalue weighted by Crippen LogP contribution is -2.41.